The van der Waals surface area contributed by atoms with Gasteiger partial charge in [0, 0.05) is 24.0 Å². The first-order valence-electron chi connectivity index (χ1n) is 6.12. The van der Waals surface area contributed by atoms with Crippen molar-refractivity contribution < 1.29 is 4.79 Å². The third-order valence-corrected chi connectivity index (χ3v) is 4.24. The second kappa shape index (κ2) is 7.01. The van der Waals surface area contributed by atoms with E-state index in [1.165, 1.54) is 6.20 Å². The zero-order chi connectivity index (χ0) is 14.5. The number of rotatable bonds is 6. The molecule has 0 unspecified atom stereocenters. The molecule has 0 fully saturated rings. The standard InChI is InChI=1S/C13H20ClN3OS/c1-5-15-11-6-9(10(14)7-16-11)12(18)17-8-13(2,3)19-4/h6-7H,5,8H2,1-4H3,(H,15,16)(H,17,18). The van der Waals surface area contributed by atoms with Crippen LogP contribution < -0.4 is 10.6 Å². The van der Waals surface area contributed by atoms with Crippen LogP contribution in [0.15, 0.2) is 12.3 Å². The number of carbonyl (C=O) groups is 1. The van der Waals surface area contributed by atoms with E-state index in [1.807, 2.05) is 13.2 Å². The van der Waals surface area contributed by atoms with Crippen molar-refractivity contribution >= 4 is 35.1 Å². The Morgan fingerprint density at radius 1 is 1.53 bits per heavy atom. The van der Waals surface area contributed by atoms with Crippen molar-refractivity contribution in [3.8, 4) is 0 Å². The lowest BCUT2D eigenvalue weighted by molar-refractivity contribution is 0.0951. The van der Waals surface area contributed by atoms with Crippen LogP contribution in [0, 0.1) is 0 Å². The predicted molar refractivity (Wildman–Crippen MR) is 83.3 cm³/mol. The number of aromatic nitrogens is 1. The zero-order valence-electron chi connectivity index (χ0n) is 11.7. The Kier molecular flexibility index (Phi) is 5.94. The van der Waals surface area contributed by atoms with Gasteiger partial charge in [-0.05, 0) is 33.1 Å². The fraction of sp³-hybridized carbons (Fsp3) is 0.538. The number of halogens is 1. The molecule has 0 aliphatic rings. The van der Waals surface area contributed by atoms with E-state index < -0.39 is 0 Å². The molecule has 19 heavy (non-hydrogen) atoms. The maximum Gasteiger partial charge on any atom is 0.253 e. The van der Waals surface area contributed by atoms with Crippen molar-refractivity contribution in [3.05, 3.63) is 22.8 Å². The molecule has 0 spiro atoms. The molecule has 1 rings (SSSR count). The van der Waals surface area contributed by atoms with Crippen molar-refractivity contribution in [3.63, 3.8) is 0 Å². The first-order valence-corrected chi connectivity index (χ1v) is 7.72. The Bertz CT molecular complexity index is 452. The lowest BCUT2D eigenvalue weighted by Crippen LogP contribution is -2.36. The second-order valence-corrected chi connectivity index (χ2v) is 6.65. The molecule has 1 aromatic heterocycles. The van der Waals surface area contributed by atoms with E-state index in [0.717, 1.165) is 6.54 Å². The third-order valence-electron chi connectivity index (χ3n) is 2.69. The molecule has 0 saturated heterocycles. The molecule has 1 amide bonds. The summed E-state index contributed by atoms with van der Waals surface area (Å²) < 4.78 is -0.000332. The number of hydrogen-bond donors (Lipinski definition) is 2. The van der Waals surface area contributed by atoms with Gasteiger partial charge in [0.1, 0.15) is 5.82 Å². The minimum Gasteiger partial charge on any atom is -0.370 e. The van der Waals surface area contributed by atoms with Crippen LogP contribution in [0.25, 0.3) is 0 Å². The molecular weight excluding hydrogens is 282 g/mol. The van der Waals surface area contributed by atoms with Crippen molar-refractivity contribution in [1.29, 1.82) is 0 Å². The molecule has 6 heteroatoms. The van der Waals surface area contributed by atoms with E-state index in [4.69, 9.17) is 11.6 Å². The van der Waals surface area contributed by atoms with Crippen LogP contribution >= 0.6 is 23.4 Å². The summed E-state index contributed by atoms with van der Waals surface area (Å²) in [4.78, 5) is 16.2. The third kappa shape index (κ3) is 4.91. The fourth-order valence-electron chi connectivity index (χ4n) is 1.35. The van der Waals surface area contributed by atoms with Gasteiger partial charge in [-0.1, -0.05) is 11.6 Å². The van der Waals surface area contributed by atoms with Gasteiger partial charge in [0.2, 0.25) is 0 Å². The molecule has 0 bridgehead atoms. The van der Waals surface area contributed by atoms with Gasteiger partial charge in [-0.2, -0.15) is 11.8 Å². The maximum absolute atomic E-state index is 12.1. The lowest BCUT2D eigenvalue weighted by atomic mass is 10.2. The van der Waals surface area contributed by atoms with Crippen LogP contribution in [0.4, 0.5) is 5.82 Å². The van der Waals surface area contributed by atoms with Gasteiger partial charge < -0.3 is 10.6 Å². The van der Waals surface area contributed by atoms with E-state index in [0.29, 0.717) is 22.9 Å². The average molecular weight is 302 g/mol. The van der Waals surface area contributed by atoms with E-state index in [-0.39, 0.29) is 10.7 Å². The number of nitrogens with zero attached hydrogens (tertiary/aromatic N) is 1. The van der Waals surface area contributed by atoms with E-state index in [9.17, 15) is 4.79 Å². The number of thioether (sulfide) groups is 1. The monoisotopic (exact) mass is 301 g/mol. The largest absolute Gasteiger partial charge is 0.370 e. The second-order valence-electron chi connectivity index (χ2n) is 4.73. The summed E-state index contributed by atoms with van der Waals surface area (Å²) in [6, 6.07) is 1.67. The molecule has 0 aliphatic heterocycles. The summed E-state index contributed by atoms with van der Waals surface area (Å²) >= 11 is 7.73. The Morgan fingerprint density at radius 2 is 2.21 bits per heavy atom. The van der Waals surface area contributed by atoms with Crippen molar-refractivity contribution in [2.24, 2.45) is 0 Å². The molecule has 4 nitrogen and oxygen atoms in total. The van der Waals surface area contributed by atoms with Gasteiger partial charge in [0.15, 0.2) is 0 Å². The summed E-state index contributed by atoms with van der Waals surface area (Å²) in [6.45, 7) is 7.46. The molecule has 1 aromatic rings. The first kappa shape index (κ1) is 16.1. The summed E-state index contributed by atoms with van der Waals surface area (Å²) in [6.07, 6.45) is 3.52. The van der Waals surface area contributed by atoms with Crippen LogP contribution in [0.5, 0.6) is 0 Å². The minimum absolute atomic E-state index is 0.000332. The topological polar surface area (TPSA) is 54.0 Å². The fourth-order valence-corrected chi connectivity index (χ4v) is 1.76. The number of pyridine rings is 1. The Hall–Kier alpha value is -0.940. The van der Waals surface area contributed by atoms with Gasteiger partial charge in [-0.15, -0.1) is 0 Å². The summed E-state index contributed by atoms with van der Waals surface area (Å²) in [5.41, 5.74) is 0.449. The van der Waals surface area contributed by atoms with Crippen LogP contribution in [0.3, 0.4) is 0 Å². The zero-order valence-corrected chi connectivity index (χ0v) is 13.3. The molecule has 1 heterocycles. The van der Waals surface area contributed by atoms with Crippen LogP contribution in [0.2, 0.25) is 5.02 Å². The highest BCUT2D eigenvalue weighted by atomic mass is 35.5. The van der Waals surface area contributed by atoms with Gasteiger partial charge >= 0.3 is 0 Å². The van der Waals surface area contributed by atoms with Gasteiger partial charge in [-0.25, -0.2) is 4.98 Å². The van der Waals surface area contributed by atoms with Crippen LogP contribution in [-0.4, -0.2) is 35.0 Å². The molecule has 0 radical (unpaired) electrons. The molecule has 0 aliphatic carbocycles. The SMILES string of the molecule is CCNc1cc(C(=O)NCC(C)(C)SC)c(Cl)cn1. The quantitative estimate of drug-likeness (QED) is 0.848. The smallest absolute Gasteiger partial charge is 0.253 e. The number of hydrogen-bond acceptors (Lipinski definition) is 4. The molecule has 0 saturated carbocycles. The predicted octanol–water partition coefficient (Wildman–Crippen LogP) is 3.04. The average Bonchev–Trinajstić information content (AvgIpc) is 2.38. The van der Waals surface area contributed by atoms with Gasteiger partial charge in [0.05, 0.1) is 10.6 Å². The Morgan fingerprint density at radius 3 is 2.79 bits per heavy atom. The number of amides is 1. The summed E-state index contributed by atoms with van der Waals surface area (Å²) in [7, 11) is 0. The summed E-state index contributed by atoms with van der Waals surface area (Å²) in [5, 5.41) is 6.32. The normalized spacial score (nSPS) is 11.2. The molecule has 2 N–H and O–H groups in total. The lowest BCUT2D eigenvalue weighted by Gasteiger charge is -2.22. The van der Waals surface area contributed by atoms with E-state index in [2.05, 4.69) is 29.5 Å². The van der Waals surface area contributed by atoms with E-state index in [1.54, 1.807) is 17.8 Å². The van der Waals surface area contributed by atoms with Gasteiger partial charge in [-0.3, -0.25) is 4.79 Å². The Balaban J connectivity index is 2.78. The van der Waals surface area contributed by atoms with E-state index >= 15 is 0 Å². The number of anilines is 1. The van der Waals surface area contributed by atoms with Crippen molar-refractivity contribution in [2.45, 2.75) is 25.5 Å². The highest BCUT2D eigenvalue weighted by Crippen LogP contribution is 2.21. The van der Waals surface area contributed by atoms with Crippen LogP contribution in [0.1, 0.15) is 31.1 Å². The van der Waals surface area contributed by atoms with Gasteiger partial charge in [0.25, 0.3) is 5.91 Å². The molecular formula is C13H20ClN3OS. The highest BCUT2D eigenvalue weighted by molar-refractivity contribution is 7.99. The molecule has 0 atom stereocenters. The maximum atomic E-state index is 12.1. The van der Waals surface area contributed by atoms with Crippen LogP contribution in [-0.2, 0) is 0 Å². The molecule has 0 aromatic carbocycles. The highest BCUT2D eigenvalue weighted by Gasteiger charge is 2.19. The Labute approximate surface area is 123 Å². The van der Waals surface area contributed by atoms with Crippen molar-refractivity contribution in [1.82, 2.24) is 10.3 Å². The summed E-state index contributed by atoms with van der Waals surface area (Å²) in [5.74, 6) is 0.481. The first-order chi connectivity index (χ1) is 8.89. The molecule has 106 valence electrons. The van der Waals surface area contributed by atoms with Crippen molar-refractivity contribution in [2.75, 3.05) is 24.7 Å². The number of carbonyl (C=O) groups excluding carboxylic acids is 1. The minimum atomic E-state index is -0.173. The number of nitrogens with one attached hydrogen (secondary N) is 2.